The van der Waals surface area contributed by atoms with Gasteiger partial charge in [0.25, 0.3) is 0 Å². The quantitative estimate of drug-likeness (QED) is 0.728. The SMILES string of the molecule is Cc1ccc(C(N)Cc2ccc(Br)cc2Cl)cc1Br. The van der Waals surface area contributed by atoms with Gasteiger partial charge in [-0.3, -0.25) is 0 Å². The Bertz CT molecular complexity index is 599. The first-order chi connectivity index (χ1) is 8.97. The molecular formula is C15H14Br2ClN. The molecule has 4 heteroatoms. The minimum atomic E-state index is -0.0597. The van der Waals surface area contributed by atoms with Crippen molar-refractivity contribution in [2.75, 3.05) is 0 Å². The van der Waals surface area contributed by atoms with Crippen LogP contribution in [0.2, 0.25) is 5.02 Å². The second-order valence-electron chi connectivity index (χ2n) is 4.55. The van der Waals surface area contributed by atoms with E-state index in [4.69, 9.17) is 17.3 Å². The molecule has 2 aromatic rings. The molecule has 0 spiro atoms. The Hall–Kier alpha value is -0.350. The molecule has 0 saturated heterocycles. The smallest absolute Gasteiger partial charge is 0.0449 e. The molecule has 0 heterocycles. The zero-order chi connectivity index (χ0) is 14.0. The van der Waals surface area contributed by atoms with Gasteiger partial charge in [0.2, 0.25) is 0 Å². The van der Waals surface area contributed by atoms with Crippen LogP contribution in [0.15, 0.2) is 45.3 Å². The molecule has 1 unspecified atom stereocenters. The number of rotatable bonds is 3. The lowest BCUT2D eigenvalue weighted by molar-refractivity contribution is 0.721. The largest absolute Gasteiger partial charge is 0.324 e. The van der Waals surface area contributed by atoms with Crippen molar-refractivity contribution in [3.05, 3.63) is 67.1 Å². The summed E-state index contributed by atoms with van der Waals surface area (Å²) in [5, 5.41) is 0.746. The van der Waals surface area contributed by atoms with Crippen LogP contribution in [-0.4, -0.2) is 0 Å². The monoisotopic (exact) mass is 401 g/mol. The van der Waals surface area contributed by atoms with Gasteiger partial charge in [0.1, 0.15) is 0 Å². The summed E-state index contributed by atoms with van der Waals surface area (Å²) < 4.78 is 2.07. The minimum Gasteiger partial charge on any atom is -0.324 e. The molecule has 0 bridgehead atoms. The number of hydrogen-bond donors (Lipinski definition) is 1. The van der Waals surface area contributed by atoms with Gasteiger partial charge in [0.05, 0.1) is 0 Å². The molecule has 100 valence electrons. The van der Waals surface area contributed by atoms with Gasteiger partial charge >= 0.3 is 0 Å². The van der Waals surface area contributed by atoms with Gasteiger partial charge in [0.15, 0.2) is 0 Å². The maximum absolute atomic E-state index is 6.26. The second kappa shape index (κ2) is 6.40. The fourth-order valence-electron chi connectivity index (χ4n) is 1.88. The van der Waals surface area contributed by atoms with E-state index in [9.17, 15) is 0 Å². The standard InChI is InChI=1S/C15H14Br2ClN/c1-9-2-3-11(6-13(9)17)15(19)7-10-4-5-12(16)8-14(10)18/h2-6,8,15H,7,19H2,1H3. The summed E-state index contributed by atoms with van der Waals surface area (Å²) >= 11 is 13.2. The van der Waals surface area contributed by atoms with Crippen molar-refractivity contribution in [1.29, 1.82) is 0 Å². The van der Waals surface area contributed by atoms with E-state index in [1.165, 1.54) is 5.56 Å². The summed E-state index contributed by atoms with van der Waals surface area (Å²) in [5.74, 6) is 0. The maximum atomic E-state index is 6.26. The van der Waals surface area contributed by atoms with Crippen LogP contribution in [0, 0.1) is 6.92 Å². The molecule has 0 aliphatic heterocycles. The Balaban J connectivity index is 2.20. The number of aryl methyl sites for hydroxylation is 1. The summed E-state index contributed by atoms with van der Waals surface area (Å²) in [6, 6.07) is 12.0. The summed E-state index contributed by atoms with van der Waals surface area (Å²) in [5.41, 5.74) is 9.64. The van der Waals surface area contributed by atoms with Crippen molar-refractivity contribution in [3.8, 4) is 0 Å². The molecule has 0 aromatic heterocycles. The lowest BCUT2D eigenvalue weighted by atomic mass is 9.99. The van der Waals surface area contributed by atoms with Crippen LogP contribution in [0.5, 0.6) is 0 Å². The third-order valence-electron chi connectivity index (χ3n) is 3.08. The Morgan fingerprint density at radius 3 is 2.53 bits per heavy atom. The first-order valence-corrected chi connectivity index (χ1v) is 7.89. The van der Waals surface area contributed by atoms with Crippen LogP contribution in [0.3, 0.4) is 0 Å². The van der Waals surface area contributed by atoms with Crippen LogP contribution in [0.25, 0.3) is 0 Å². The number of hydrogen-bond acceptors (Lipinski definition) is 1. The van der Waals surface area contributed by atoms with Gasteiger partial charge in [0, 0.05) is 20.0 Å². The van der Waals surface area contributed by atoms with Crippen molar-refractivity contribution in [2.24, 2.45) is 5.73 Å². The fraction of sp³-hybridized carbons (Fsp3) is 0.200. The van der Waals surface area contributed by atoms with Gasteiger partial charge in [-0.05, 0) is 48.2 Å². The van der Waals surface area contributed by atoms with E-state index < -0.39 is 0 Å². The highest BCUT2D eigenvalue weighted by Gasteiger charge is 2.11. The van der Waals surface area contributed by atoms with Gasteiger partial charge < -0.3 is 5.73 Å². The first kappa shape index (κ1) is 15.0. The third kappa shape index (κ3) is 3.82. The molecule has 0 saturated carbocycles. The Kier molecular flexibility index (Phi) is 5.07. The van der Waals surface area contributed by atoms with E-state index in [0.717, 1.165) is 31.5 Å². The molecule has 0 fully saturated rings. The number of halogens is 3. The average molecular weight is 404 g/mol. The Morgan fingerprint density at radius 2 is 1.89 bits per heavy atom. The molecule has 2 N–H and O–H groups in total. The lowest BCUT2D eigenvalue weighted by Gasteiger charge is -2.14. The number of nitrogens with two attached hydrogens (primary N) is 1. The predicted octanol–water partition coefficient (Wildman–Crippen LogP) is 5.42. The van der Waals surface area contributed by atoms with Crippen LogP contribution in [-0.2, 0) is 6.42 Å². The van der Waals surface area contributed by atoms with E-state index >= 15 is 0 Å². The molecule has 19 heavy (non-hydrogen) atoms. The lowest BCUT2D eigenvalue weighted by Crippen LogP contribution is -2.13. The molecule has 0 radical (unpaired) electrons. The second-order valence-corrected chi connectivity index (χ2v) is 6.73. The zero-order valence-electron chi connectivity index (χ0n) is 10.5. The average Bonchev–Trinajstić information content (AvgIpc) is 2.36. The van der Waals surface area contributed by atoms with Crippen molar-refractivity contribution >= 4 is 43.5 Å². The van der Waals surface area contributed by atoms with Crippen molar-refractivity contribution < 1.29 is 0 Å². The highest BCUT2D eigenvalue weighted by molar-refractivity contribution is 9.10. The van der Waals surface area contributed by atoms with E-state index in [-0.39, 0.29) is 6.04 Å². The van der Waals surface area contributed by atoms with Crippen LogP contribution in [0.1, 0.15) is 22.7 Å². The Morgan fingerprint density at radius 1 is 1.16 bits per heavy atom. The van der Waals surface area contributed by atoms with E-state index in [1.807, 2.05) is 18.2 Å². The molecule has 2 aromatic carbocycles. The van der Waals surface area contributed by atoms with Gasteiger partial charge in [-0.25, -0.2) is 0 Å². The Labute approximate surface area is 135 Å². The zero-order valence-corrected chi connectivity index (χ0v) is 14.4. The van der Waals surface area contributed by atoms with Gasteiger partial charge in [-0.15, -0.1) is 0 Å². The fourth-order valence-corrected chi connectivity index (χ4v) is 3.03. The third-order valence-corrected chi connectivity index (χ3v) is 4.78. The normalized spacial score (nSPS) is 12.5. The molecule has 2 rings (SSSR count). The summed E-state index contributed by atoms with van der Waals surface area (Å²) in [6.07, 6.45) is 0.724. The van der Waals surface area contributed by atoms with Crippen LogP contribution < -0.4 is 5.73 Å². The van der Waals surface area contributed by atoms with E-state index in [2.05, 4.69) is 57.0 Å². The molecular weight excluding hydrogens is 389 g/mol. The van der Waals surface area contributed by atoms with Crippen LogP contribution >= 0.6 is 43.5 Å². The van der Waals surface area contributed by atoms with Crippen molar-refractivity contribution in [1.82, 2.24) is 0 Å². The topological polar surface area (TPSA) is 26.0 Å². The highest BCUT2D eigenvalue weighted by Crippen LogP contribution is 2.27. The maximum Gasteiger partial charge on any atom is 0.0449 e. The molecule has 1 nitrogen and oxygen atoms in total. The van der Waals surface area contributed by atoms with Crippen molar-refractivity contribution in [2.45, 2.75) is 19.4 Å². The van der Waals surface area contributed by atoms with Crippen molar-refractivity contribution in [3.63, 3.8) is 0 Å². The molecule has 0 aliphatic carbocycles. The van der Waals surface area contributed by atoms with Crippen LogP contribution in [0.4, 0.5) is 0 Å². The molecule has 0 aliphatic rings. The van der Waals surface area contributed by atoms with Gasteiger partial charge in [-0.2, -0.15) is 0 Å². The van der Waals surface area contributed by atoms with E-state index in [1.54, 1.807) is 0 Å². The predicted molar refractivity (Wildman–Crippen MR) is 88.7 cm³/mol. The minimum absolute atomic E-state index is 0.0597. The highest BCUT2D eigenvalue weighted by atomic mass is 79.9. The summed E-state index contributed by atoms with van der Waals surface area (Å²) in [6.45, 7) is 2.06. The number of benzene rings is 2. The summed E-state index contributed by atoms with van der Waals surface area (Å²) in [4.78, 5) is 0. The summed E-state index contributed by atoms with van der Waals surface area (Å²) in [7, 11) is 0. The first-order valence-electron chi connectivity index (χ1n) is 5.93. The van der Waals surface area contributed by atoms with E-state index in [0.29, 0.717) is 0 Å². The molecule has 1 atom stereocenters. The molecule has 0 amide bonds. The van der Waals surface area contributed by atoms with Gasteiger partial charge in [-0.1, -0.05) is 61.7 Å².